The second-order valence-electron chi connectivity index (χ2n) is 8.72. The van der Waals surface area contributed by atoms with Gasteiger partial charge in [0.1, 0.15) is 11.6 Å². The highest BCUT2D eigenvalue weighted by Crippen LogP contribution is 2.35. The molecule has 1 aliphatic rings. The Morgan fingerprint density at radius 1 is 0.778 bits per heavy atom. The van der Waals surface area contributed by atoms with Crippen LogP contribution in [0.15, 0.2) is 79.1 Å². The summed E-state index contributed by atoms with van der Waals surface area (Å²) in [5.41, 5.74) is 2.53. The van der Waals surface area contributed by atoms with Crippen molar-refractivity contribution in [2.45, 2.75) is 44.0 Å². The number of hydrogen-bond acceptors (Lipinski definition) is 3. The molecule has 0 N–H and O–H groups in total. The molecular formula is C28H27Cl5N2O. The van der Waals surface area contributed by atoms with Gasteiger partial charge in [-0.1, -0.05) is 102 Å². The molecular weight excluding hydrogens is 558 g/mol. The molecule has 8 heteroatoms. The highest BCUT2D eigenvalue weighted by atomic mass is 35.5. The number of alkyl halides is 1. The summed E-state index contributed by atoms with van der Waals surface area (Å²) in [4.78, 5) is 4.39. The molecule has 4 rings (SSSR count). The maximum absolute atomic E-state index is 7.09. The average molecular weight is 585 g/mol. The lowest BCUT2D eigenvalue weighted by atomic mass is 10.0. The molecule has 190 valence electrons. The zero-order chi connectivity index (χ0) is 25.7. The highest BCUT2D eigenvalue weighted by molar-refractivity contribution is 6.35. The number of halogens is 5. The third kappa shape index (κ3) is 6.83. The Morgan fingerprint density at radius 2 is 1.36 bits per heavy atom. The molecule has 1 aliphatic heterocycles. The molecule has 3 aromatic rings. The molecule has 1 heterocycles. The Bertz CT molecular complexity index is 1170. The number of rotatable bonds is 10. The van der Waals surface area contributed by atoms with E-state index >= 15 is 0 Å². The maximum atomic E-state index is 7.09. The van der Waals surface area contributed by atoms with Gasteiger partial charge in [0.15, 0.2) is 0 Å². The molecule has 0 bridgehead atoms. The summed E-state index contributed by atoms with van der Waals surface area (Å²) in [6.45, 7) is 3.12. The summed E-state index contributed by atoms with van der Waals surface area (Å²) in [6.07, 6.45) is 5.76. The van der Waals surface area contributed by atoms with Crippen molar-refractivity contribution in [1.29, 1.82) is 0 Å². The van der Waals surface area contributed by atoms with E-state index in [9.17, 15) is 0 Å². The SMILES string of the molecule is CCCC(c1ccc(Cl)cc1)N1C=CN(C(Cl)C(OCc2ccc(Cl)cc2Cl)c2ccc(Cl)cc2)C1. The second-order valence-corrected chi connectivity index (χ2v) is 10.9. The molecule has 0 saturated heterocycles. The summed E-state index contributed by atoms with van der Waals surface area (Å²) in [6, 6.07) is 21.2. The lowest BCUT2D eigenvalue weighted by molar-refractivity contribution is 0.00501. The van der Waals surface area contributed by atoms with Crippen molar-refractivity contribution in [1.82, 2.24) is 9.80 Å². The molecule has 3 unspecified atom stereocenters. The first-order chi connectivity index (χ1) is 17.4. The van der Waals surface area contributed by atoms with Crippen molar-refractivity contribution in [3.63, 3.8) is 0 Å². The van der Waals surface area contributed by atoms with E-state index < -0.39 is 11.6 Å². The molecule has 0 aliphatic carbocycles. The van der Waals surface area contributed by atoms with Crippen molar-refractivity contribution < 1.29 is 4.74 Å². The van der Waals surface area contributed by atoms with Crippen molar-refractivity contribution >= 4 is 58.0 Å². The fourth-order valence-electron chi connectivity index (χ4n) is 4.28. The highest BCUT2D eigenvalue weighted by Gasteiger charge is 2.31. The van der Waals surface area contributed by atoms with Crippen molar-refractivity contribution in [3.05, 3.63) is 116 Å². The summed E-state index contributed by atoms with van der Waals surface area (Å²) in [5, 5.41) is 2.53. The summed E-state index contributed by atoms with van der Waals surface area (Å²) in [5.74, 6) is 0. The van der Waals surface area contributed by atoms with E-state index in [0.717, 1.165) is 29.0 Å². The quantitative estimate of drug-likeness (QED) is 0.174. The van der Waals surface area contributed by atoms with Gasteiger partial charge < -0.3 is 14.5 Å². The van der Waals surface area contributed by atoms with Gasteiger partial charge in [-0.05, 0) is 59.5 Å². The van der Waals surface area contributed by atoms with Crippen LogP contribution in [0, 0.1) is 0 Å². The third-order valence-corrected chi connectivity index (χ3v) is 7.76. The zero-order valence-electron chi connectivity index (χ0n) is 19.8. The molecule has 0 aromatic heterocycles. The van der Waals surface area contributed by atoms with Crippen LogP contribution < -0.4 is 0 Å². The molecule has 0 amide bonds. The fraction of sp³-hybridized carbons (Fsp3) is 0.286. The minimum atomic E-state index is -0.467. The minimum Gasteiger partial charge on any atom is -0.365 e. The minimum absolute atomic E-state index is 0.222. The van der Waals surface area contributed by atoms with E-state index in [0.29, 0.717) is 21.7 Å². The van der Waals surface area contributed by atoms with Crippen LogP contribution in [-0.4, -0.2) is 22.0 Å². The lowest BCUT2D eigenvalue weighted by Gasteiger charge is -2.34. The molecule has 36 heavy (non-hydrogen) atoms. The van der Waals surface area contributed by atoms with Crippen LogP contribution in [0.25, 0.3) is 0 Å². The molecule has 0 fully saturated rings. The van der Waals surface area contributed by atoms with Gasteiger partial charge in [0.25, 0.3) is 0 Å². The van der Waals surface area contributed by atoms with Gasteiger partial charge in [0.05, 0.1) is 19.3 Å². The van der Waals surface area contributed by atoms with Gasteiger partial charge in [-0.2, -0.15) is 0 Å². The second kappa shape index (κ2) is 12.8. The molecule has 0 spiro atoms. The van der Waals surface area contributed by atoms with Crippen molar-refractivity contribution in [2.75, 3.05) is 6.67 Å². The first kappa shape index (κ1) is 27.4. The van der Waals surface area contributed by atoms with E-state index in [2.05, 4.69) is 35.1 Å². The fourth-order valence-corrected chi connectivity index (χ4v) is 5.34. The van der Waals surface area contributed by atoms with Gasteiger partial charge in [-0.15, -0.1) is 0 Å². The van der Waals surface area contributed by atoms with E-state index in [-0.39, 0.29) is 12.6 Å². The monoisotopic (exact) mass is 582 g/mol. The normalized spacial score (nSPS) is 15.8. The van der Waals surface area contributed by atoms with Crippen LogP contribution in [0.2, 0.25) is 20.1 Å². The van der Waals surface area contributed by atoms with E-state index in [4.69, 9.17) is 62.7 Å². The van der Waals surface area contributed by atoms with E-state index in [1.54, 1.807) is 12.1 Å². The van der Waals surface area contributed by atoms with Crippen LogP contribution in [0.4, 0.5) is 0 Å². The van der Waals surface area contributed by atoms with Gasteiger partial charge in [-0.3, -0.25) is 0 Å². The molecule has 3 atom stereocenters. The Morgan fingerprint density at radius 3 is 1.97 bits per heavy atom. The van der Waals surface area contributed by atoms with Crippen LogP contribution in [0.1, 0.15) is 48.6 Å². The zero-order valence-corrected chi connectivity index (χ0v) is 23.5. The van der Waals surface area contributed by atoms with Gasteiger partial charge in [-0.25, -0.2) is 0 Å². The number of ether oxygens (including phenoxy) is 1. The van der Waals surface area contributed by atoms with Crippen LogP contribution in [0.5, 0.6) is 0 Å². The Hall–Kier alpha value is -1.59. The summed E-state index contributed by atoms with van der Waals surface area (Å²) < 4.78 is 6.38. The lowest BCUT2D eigenvalue weighted by Crippen LogP contribution is -2.36. The standard InChI is InChI=1S/C28H27Cl5N2O/c1-2-3-26(19-4-9-22(29)10-5-19)34-14-15-35(18-34)28(33)27(20-6-11-23(30)12-7-20)36-17-21-8-13-24(31)16-25(21)32/h4-16,26-28H,2-3,17-18H2,1H3. The van der Waals surface area contributed by atoms with Crippen molar-refractivity contribution in [2.24, 2.45) is 0 Å². The predicted molar refractivity (Wildman–Crippen MR) is 152 cm³/mol. The first-order valence-corrected chi connectivity index (χ1v) is 13.7. The van der Waals surface area contributed by atoms with Crippen molar-refractivity contribution in [3.8, 4) is 0 Å². The van der Waals surface area contributed by atoms with Crippen LogP contribution >= 0.6 is 58.0 Å². The number of benzene rings is 3. The van der Waals surface area contributed by atoms with Gasteiger partial charge >= 0.3 is 0 Å². The average Bonchev–Trinajstić information content (AvgIpc) is 3.35. The van der Waals surface area contributed by atoms with Gasteiger partial charge in [0, 0.05) is 32.5 Å². The van der Waals surface area contributed by atoms with Crippen LogP contribution in [-0.2, 0) is 11.3 Å². The molecule has 0 saturated carbocycles. The third-order valence-electron chi connectivity index (χ3n) is 6.19. The van der Waals surface area contributed by atoms with E-state index in [1.165, 1.54) is 5.56 Å². The summed E-state index contributed by atoms with van der Waals surface area (Å²) >= 11 is 31.8. The Kier molecular flexibility index (Phi) is 9.74. The molecule has 0 radical (unpaired) electrons. The van der Waals surface area contributed by atoms with E-state index in [1.807, 2.05) is 48.7 Å². The Balaban J connectivity index is 1.52. The largest absolute Gasteiger partial charge is 0.365 e. The summed E-state index contributed by atoms with van der Waals surface area (Å²) in [7, 11) is 0. The molecule has 3 aromatic carbocycles. The molecule has 3 nitrogen and oxygen atoms in total. The smallest absolute Gasteiger partial charge is 0.135 e. The maximum Gasteiger partial charge on any atom is 0.135 e. The number of hydrogen-bond donors (Lipinski definition) is 0. The first-order valence-electron chi connectivity index (χ1n) is 11.8. The van der Waals surface area contributed by atoms with Gasteiger partial charge in [0.2, 0.25) is 0 Å². The topological polar surface area (TPSA) is 15.7 Å². The predicted octanol–water partition coefficient (Wildman–Crippen LogP) is 9.71. The number of nitrogens with zero attached hydrogens (tertiary/aromatic N) is 2. The Labute approximate surface area is 238 Å². The van der Waals surface area contributed by atoms with Crippen LogP contribution in [0.3, 0.4) is 0 Å².